The van der Waals surface area contributed by atoms with E-state index < -0.39 is 16.2 Å². The van der Waals surface area contributed by atoms with Gasteiger partial charge in [-0.1, -0.05) is 124 Å². The molecule has 6 aromatic rings. The van der Waals surface area contributed by atoms with Crippen LogP contribution < -0.4 is 0 Å². The molecule has 6 rings (SSSR count). The molecule has 0 saturated heterocycles. The van der Waals surface area contributed by atoms with Gasteiger partial charge >= 0.3 is 35.8 Å². The molecular weight excluding hydrogens is 1170 g/mol. The predicted molar refractivity (Wildman–Crippen MR) is 348 cm³/mol. The highest BCUT2D eigenvalue weighted by atomic mass is 16.6. The molecule has 0 fully saturated rings. The van der Waals surface area contributed by atoms with E-state index in [1.807, 2.05) is 178 Å². The van der Waals surface area contributed by atoms with E-state index in [2.05, 4.69) is 0 Å². The molecule has 0 N–H and O–H groups in total. The zero-order valence-electron chi connectivity index (χ0n) is 54.9. The fourth-order valence-corrected chi connectivity index (χ4v) is 7.84. The van der Waals surface area contributed by atoms with Gasteiger partial charge in [-0.25, -0.2) is 9.59 Å². The molecule has 0 heterocycles. The number of hydrogen-bond donors (Lipinski definition) is 0. The highest BCUT2D eigenvalue weighted by Crippen LogP contribution is 2.24. The van der Waals surface area contributed by atoms with Crippen LogP contribution in [0.15, 0.2) is 127 Å². The van der Waals surface area contributed by atoms with Crippen LogP contribution in [-0.4, -0.2) is 168 Å². The van der Waals surface area contributed by atoms with E-state index in [9.17, 15) is 28.8 Å². The number of ether oxygens (including phenoxy) is 13. The van der Waals surface area contributed by atoms with Crippen LogP contribution in [0.4, 0.5) is 0 Å². The minimum absolute atomic E-state index is 0.176. The second kappa shape index (κ2) is 42.7. The Kier molecular flexibility index (Phi) is 35.7. The Balaban J connectivity index is 0.000000292. The van der Waals surface area contributed by atoms with E-state index in [4.69, 9.17) is 61.6 Å². The Hall–Kier alpha value is -7.36. The van der Waals surface area contributed by atoms with Gasteiger partial charge in [0.1, 0.15) is 39.6 Å². The maximum atomic E-state index is 12.1. The minimum atomic E-state index is -0.465. The minimum Gasteiger partial charge on any atom is -0.463 e. The van der Waals surface area contributed by atoms with Crippen LogP contribution in [0, 0.1) is 16.2 Å². The van der Waals surface area contributed by atoms with Gasteiger partial charge < -0.3 is 61.6 Å². The quantitative estimate of drug-likeness (QED) is 0.0198. The summed E-state index contributed by atoms with van der Waals surface area (Å²) >= 11 is 0. The summed E-state index contributed by atoms with van der Waals surface area (Å²) in [5.41, 5.74) is 0.610. The van der Waals surface area contributed by atoms with Crippen molar-refractivity contribution in [2.45, 2.75) is 88.0 Å². The molecule has 0 bridgehead atoms. The van der Waals surface area contributed by atoms with Gasteiger partial charge in [-0.15, -0.1) is 0 Å². The lowest BCUT2D eigenvalue weighted by molar-refractivity contribution is -0.156. The van der Waals surface area contributed by atoms with Gasteiger partial charge in [-0.3, -0.25) is 19.2 Å². The Morgan fingerprint density at radius 1 is 0.297 bits per heavy atom. The summed E-state index contributed by atoms with van der Waals surface area (Å²) in [7, 11) is 0. The summed E-state index contributed by atoms with van der Waals surface area (Å²) in [6, 6.07) is 40.6. The summed E-state index contributed by atoms with van der Waals surface area (Å²) in [6.07, 6.45) is 2.42. The van der Waals surface area contributed by atoms with Crippen molar-refractivity contribution in [3.8, 4) is 0 Å². The van der Waals surface area contributed by atoms with Crippen LogP contribution in [0.1, 0.15) is 108 Å². The molecule has 0 radical (unpaired) electrons. The van der Waals surface area contributed by atoms with Gasteiger partial charge in [0.15, 0.2) is 0 Å². The Bertz CT molecular complexity index is 3110. The number of esters is 6. The lowest BCUT2D eigenvalue weighted by Gasteiger charge is -2.20. The predicted octanol–water partition coefficient (Wildman–Crippen LogP) is 12.0. The van der Waals surface area contributed by atoms with E-state index in [1.54, 1.807) is 12.1 Å². The van der Waals surface area contributed by atoms with Gasteiger partial charge in [0, 0.05) is 0 Å². The van der Waals surface area contributed by atoms with Gasteiger partial charge in [-0.05, 0) is 123 Å². The van der Waals surface area contributed by atoms with E-state index >= 15 is 0 Å². The topological polar surface area (TPSA) is 222 Å². The first-order valence-corrected chi connectivity index (χ1v) is 31.3. The fraction of sp³-hybridized carbons (Fsp3) is 0.500. The van der Waals surface area contributed by atoms with Gasteiger partial charge in [0.25, 0.3) is 0 Å². The molecule has 0 atom stereocenters. The molecule has 0 amide bonds. The number of rotatable bonds is 40. The molecule has 0 unspecified atom stereocenters. The molecule has 0 aromatic heterocycles. The van der Waals surface area contributed by atoms with Crippen molar-refractivity contribution in [1.82, 2.24) is 0 Å². The highest BCUT2D eigenvalue weighted by Gasteiger charge is 2.28. The second-order valence-corrected chi connectivity index (χ2v) is 22.8. The first-order chi connectivity index (χ1) is 43.8. The standard InChI is InChI=1S/C25H34O7.C24H32O6.C23H30O6/c1-4-25(2,3)24(27)32-18-16-30-14-12-28-11-13-29-15-17-31-23(26)22-10-9-20-7-5-6-8-21(20)19-22;1-4-24(2,3)23(26)30-17-15-28-13-12-27-14-16-29-22(25)18-20-10-7-9-19-8-5-6-11-21(19)20;1-4-23(2,3)22(25)29-16-14-27-12-11-26-13-15-28-21(24)20-10-9-18-7-5-6-8-19(18)17-20/h5-10,19H,4,11-18H2,1-3H3;5-11H,4,12-18H2,1-3H3;5-10,17H,4,11-16H2,1-3H3. The van der Waals surface area contributed by atoms with Crippen LogP contribution >= 0.6 is 0 Å². The molecule has 498 valence electrons. The van der Waals surface area contributed by atoms with E-state index in [0.29, 0.717) is 104 Å². The number of carbonyl (C=O) groups excluding carboxylic acids is 6. The van der Waals surface area contributed by atoms with E-state index in [-0.39, 0.29) is 81.9 Å². The average molecular weight is 1270 g/mol. The maximum absolute atomic E-state index is 12.1. The van der Waals surface area contributed by atoms with Crippen LogP contribution in [0.2, 0.25) is 0 Å². The van der Waals surface area contributed by atoms with Crippen molar-refractivity contribution in [2.75, 3.05) is 132 Å². The largest absolute Gasteiger partial charge is 0.463 e. The third-order valence-corrected chi connectivity index (χ3v) is 14.8. The lowest BCUT2D eigenvalue weighted by atomic mass is 9.91. The third-order valence-electron chi connectivity index (χ3n) is 14.8. The summed E-state index contributed by atoms with van der Waals surface area (Å²) in [5, 5.41) is 6.33. The van der Waals surface area contributed by atoms with Crippen molar-refractivity contribution in [2.24, 2.45) is 16.2 Å². The van der Waals surface area contributed by atoms with Crippen LogP contribution in [0.5, 0.6) is 0 Å². The number of fused-ring (bicyclic) bond motifs is 3. The smallest absolute Gasteiger partial charge is 0.338 e. The number of carbonyl (C=O) groups is 6. The first kappa shape index (κ1) is 76.1. The zero-order chi connectivity index (χ0) is 66.2. The summed E-state index contributed by atoms with van der Waals surface area (Å²) in [5.74, 6) is -1.64. The molecule has 0 aliphatic heterocycles. The molecule has 19 heteroatoms. The highest BCUT2D eigenvalue weighted by molar-refractivity contribution is 5.96. The number of hydrogen-bond acceptors (Lipinski definition) is 19. The monoisotopic (exact) mass is 1260 g/mol. The summed E-state index contributed by atoms with van der Waals surface area (Å²) in [4.78, 5) is 71.7. The summed E-state index contributed by atoms with van der Waals surface area (Å²) < 4.78 is 68.9. The van der Waals surface area contributed by atoms with Crippen LogP contribution in [0.3, 0.4) is 0 Å². The Labute approximate surface area is 536 Å². The van der Waals surface area contributed by atoms with Gasteiger partial charge in [0.05, 0.1) is 126 Å². The molecule has 91 heavy (non-hydrogen) atoms. The Morgan fingerprint density at radius 3 is 0.934 bits per heavy atom. The average Bonchev–Trinajstić information content (AvgIpc) is 1.15. The molecule has 0 aliphatic rings. The van der Waals surface area contributed by atoms with Crippen LogP contribution in [0.25, 0.3) is 32.3 Å². The van der Waals surface area contributed by atoms with E-state index in [1.165, 1.54) is 0 Å². The molecule has 0 saturated carbocycles. The molecule has 19 nitrogen and oxygen atoms in total. The SMILES string of the molecule is CCC(C)(C)C(=O)OCCOCCOCCOC(=O)Cc1cccc2ccccc12.CCC(C)(C)C(=O)OCCOCCOCCOC(=O)c1ccc2ccccc2c1.CCC(C)(C)C(=O)OCCOCCOCCOCCOC(=O)c1ccc2ccccc2c1. The normalized spacial score (nSPS) is 11.4. The number of benzene rings is 6. The fourth-order valence-electron chi connectivity index (χ4n) is 7.84. The molecule has 0 aliphatic carbocycles. The van der Waals surface area contributed by atoms with Crippen molar-refractivity contribution in [1.29, 1.82) is 0 Å². The van der Waals surface area contributed by atoms with Crippen molar-refractivity contribution < 1.29 is 90.3 Å². The second-order valence-electron chi connectivity index (χ2n) is 22.8. The van der Waals surface area contributed by atoms with Crippen molar-refractivity contribution in [3.05, 3.63) is 144 Å². The van der Waals surface area contributed by atoms with Crippen molar-refractivity contribution >= 4 is 68.1 Å². The third kappa shape index (κ3) is 29.6. The molecular formula is C72H96O19. The summed E-state index contributed by atoms with van der Waals surface area (Å²) in [6.45, 7) is 23.4. The Morgan fingerprint density at radius 2 is 0.582 bits per heavy atom. The van der Waals surface area contributed by atoms with Gasteiger partial charge in [0.2, 0.25) is 0 Å². The van der Waals surface area contributed by atoms with E-state index in [0.717, 1.165) is 57.1 Å². The van der Waals surface area contributed by atoms with Crippen molar-refractivity contribution in [3.63, 3.8) is 0 Å². The molecule has 0 spiro atoms. The molecule has 6 aromatic carbocycles. The first-order valence-electron chi connectivity index (χ1n) is 31.3. The maximum Gasteiger partial charge on any atom is 0.338 e. The lowest BCUT2D eigenvalue weighted by Crippen LogP contribution is -2.27. The zero-order valence-corrected chi connectivity index (χ0v) is 54.9. The van der Waals surface area contributed by atoms with Crippen LogP contribution in [-0.2, 0) is 87.2 Å². The van der Waals surface area contributed by atoms with Gasteiger partial charge in [-0.2, -0.15) is 0 Å².